The first kappa shape index (κ1) is 14.5. The normalized spacial score (nSPS) is 17.6. The molecule has 112 valence electrons. The van der Waals surface area contributed by atoms with Crippen molar-refractivity contribution in [1.29, 1.82) is 0 Å². The molecule has 0 aliphatic carbocycles. The predicted molar refractivity (Wildman–Crippen MR) is 85.0 cm³/mol. The van der Waals surface area contributed by atoms with Crippen molar-refractivity contribution in [1.82, 2.24) is 0 Å². The molecule has 0 fully saturated rings. The Bertz CT molecular complexity index is 647. The fourth-order valence-electron chi connectivity index (χ4n) is 2.47. The summed E-state index contributed by atoms with van der Waals surface area (Å²) in [7, 11) is 0. The third-order valence-electron chi connectivity index (χ3n) is 3.66. The minimum Gasteiger partial charge on any atom is -0.459 e. The van der Waals surface area contributed by atoms with Gasteiger partial charge in [0.2, 0.25) is 0 Å². The summed E-state index contributed by atoms with van der Waals surface area (Å²) in [5.74, 6) is -0.301. The highest BCUT2D eigenvalue weighted by Crippen LogP contribution is 2.25. The highest BCUT2D eigenvalue weighted by Gasteiger charge is 2.25. The largest absolute Gasteiger partial charge is 0.459 e. The Hall–Kier alpha value is -2.39. The maximum Gasteiger partial charge on any atom is 0.335 e. The van der Waals surface area contributed by atoms with Crippen LogP contribution in [0.15, 0.2) is 66.7 Å². The Morgan fingerprint density at radius 2 is 1.73 bits per heavy atom. The van der Waals surface area contributed by atoms with Crippen LogP contribution in [0.3, 0.4) is 0 Å². The van der Waals surface area contributed by atoms with E-state index in [0.29, 0.717) is 13.0 Å². The maximum absolute atomic E-state index is 12.2. The van der Waals surface area contributed by atoms with Gasteiger partial charge in [-0.1, -0.05) is 66.7 Å². The molecule has 1 aliphatic rings. The molecule has 1 unspecified atom stereocenters. The number of rotatable bonds is 4. The van der Waals surface area contributed by atoms with Crippen molar-refractivity contribution in [2.24, 2.45) is 0 Å². The first-order chi connectivity index (χ1) is 10.8. The summed E-state index contributed by atoms with van der Waals surface area (Å²) in [6, 6.07) is 19.7. The number of benzene rings is 2. The summed E-state index contributed by atoms with van der Waals surface area (Å²) in [5, 5.41) is 0. The van der Waals surface area contributed by atoms with Crippen LogP contribution >= 0.6 is 0 Å². The second-order valence-electron chi connectivity index (χ2n) is 5.21. The summed E-state index contributed by atoms with van der Waals surface area (Å²) in [6.07, 6.45) is 2.05. The van der Waals surface area contributed by atoms with E-state index in [1.165, 1.54) is 0 Å². The molecule has 0 spiro atoms. The average Bonchev–Trinajstić information content (AvgIpc) is 2.61. The number of ether oxygens (including phenoxy) is 2. The van der Waals surface area contributed by atoms with Crippen molar-refractivity contribution >= 4 is 11.5 Å². The molecular formula is C19H18O3. The van der Waals surface area contributed by atoms with Crippen molar-refractivity contribution in [3.05, 3.63) is 77.9 Å². The summed E-state index contributed by atoms with van der Waals surface area (Å²) < 4.78 is 10.9. The van der Waals surface area contributed by atoms with Gasteiger partial charge in [0.25, 0.3) is 0 Å². The molecule has 2 aromatic carbocycles. The van der Waals surface area contributed by atoms with Crippen molar-refractivity contribution in [2.45, 2.75) is 19.1 Å². The molecule has 1 heterocycles. The summed E-state index contributed by atoms with van der Waals surface area (Å²) >= 11 is 0. The highest BCUT2D eigenvalue weighted by atomic mass is 16.6. The summed E-state index contributed by atoms with van der Waals surface area (Å²) in [6.45, 7) is 0.721. The van der Waals surface area contributed by atoms with E-state index in [9.17, 15) is 4.79 Å². The van der Waals surface area contributed by atoms with E-state index in [1.807, 2.05) is 66.7 Å². The lowest BCUT2D eigenvalue weighted by atomic mass is 9.98. The molecule has 0 amide bonds. The van der Waals surface area contributed by atoms with E-state index in [2.05, 4.69) is 0 Å². The van der Waals surface area contributed by atoms with E-state index in [-0.39, 0.29) is 12.6 Å². The molecule has 0 saturated carbocycles. The quantitative estimate of drug-likeness (QED) is 0.808. The average molecular weight is 294 g/mol. The molecule has 22 heavy (non-hydrogen) atoms. The van der Waals surface area contributed by atoms with Gasteiger partial charge in [-0.25, -0.2) is 4.79 Å². The van der Waals surface area contributed by atoms with Crippen LogP contribution < -0.4 is 0 Å². The van der Waals surface area contributed by atoms with Gasteiger partial charge in [-0.05, 0) is 16.7 Å². The van der Waals surface area contributed by atoms with Gasteiger partial charge in [0.1, 0.15) is 6.61 Å². The van der Waals surface area contributed by atoms with Crippen LogP contribution in [0.2, 0.25) is 0 Å². The first-order valence-corrected chi connectivity index (χ1v) is 7.39. The zero-order valence-electron chi connectivity index (χ0n) is 12.3. The van der Waals surface area contributed by atoms with Gasteiger partial charge in [-0.15, -0.1) is 0 Å². The minimum absolute atomic E-state index is 0.282. The van der Waals surface area contributed by atoms with E-state index < -0.39 is 6.10 Å². The van der Waals surface area contributed by atoms with Crippen molar-refractivity contribution in [2.75, 3.05) is 6.61 Å². The zero-order chi connectivity index (χ0) is 15.2. The Morgan fingerprint density at radius 1 is 1.05 bits per heavy atom. The topological polar surface area (TPSA) is 35.5 Å². The molecular weight excluding hydrogens is 276 g/mol. The van der Waals surface area contributed by atoms with Crippen LogP contribution in [-0.4, -0.2) is 18.7 Å². The van der Waals surface area contributed by atoms with Crippen LogP contribution in [0, 0.1) is 0 Å². The Balaban J connectivity index is 1.59. The van der Waals surface area contributed by atoms with E-state index in [0.717, 1.165) is 16.7 Å². The predicted octanol–water partition coefficient (Wildman–Crippen LogP) is 3.60. The van der Waals surface area contributed by atoms with Crippen molar-refractivity contribution in [3.63, 3.8) is 0 Å². The number of hydrogen-bond acceptors (Lipinski definition) is 3. The van der Waals surface area contributed by atoms with Gasteiger partial charge < -0.3 is 9.47 Å². The second kappa shape index (κ2) is 7.05. The lowest BCUT2D eigenvalue weighted by Gasteiger charge is -2.22. The minimum atomic E-state index is -0.524. The SMILES string of the molecule is O=C(OCc1ccccc1)C1CC(c2ccccc2)=CCO1. The van der Waals surface area contributed by atoms with Crippen molar-refractivity contribution in [3.8, 4) is 0 Å². The van der Waals surface area contributed by atoms with E-state index >= 15 is 0 Å². The molecule has 1 atom stereocenters. The third kappa shape index (κ3) is 3.62. The van der Waals surface area contributed by atoms with Crippen LogP contribution in [0.4, 0.5) is 0 Å². The molecule has 0 radical (unpaired) electrons. The van der Waals surface area contributed by atoms with Crippen LogP contribution in [-0.2, 0) is 20.9 Å². The lowest BCUT2D eigenvalue weighted by Crippen LogP contribution is -2.29. The molecule has 3 heteroatoms. The fourth-order valence-corrected chi connectivity index (χ4v) is 2.47. The van der Waals surface area contributed by atoms with Gasteiger partial charge in [0.15, 0.2) is 6.10 Å². The number of carbonyl (C=O) groups excluding carboxylic acids is 1. The number of carbonyl (C=O) groups is 1. The third-order valence-corrected chi connectivity index (χ3v) is 3.66. The number of esters is 1. The smallest absolute Gasteiger partial charge is 0.335 e. The van der Waals surface area contributed by atoms with Gasteiger partial charge in [-0.2, -0.15) is 0 Å². The standard InChI is InChI=1S/C19H18O3/c20-19(22-14-15-7-3-1-4-8-15)18-13-17(11-12-21-18)16-9-5-2-6-10-16/h1-11,18H,12-14H2. The monoisotopic (exact) mass is 294 g/mol. The maximum atomic E-state index is 12.2. The fraction of sp³-hybridized carbons (Fsp3) is 0.211. The Labute approximate surface area is 130 Å². The molecule has 2 aromatic rings. The van der Waals surface area contributed by atoms with Crippen LogP contribution in [0.5, 0.6) is 0 Å². The van der Waals surface area contributed by atoms with Crippen LogP contribution in [0.1, 0.15) is 17.5 Å². The summed E-state index contributed by atoms with van der Waals surface area (Å²) in [4.78, 5) is 12.2. The molecule has 3 nitrogen and oxygen atoms in total. The van der Waals surface area contributed by atoms with Crippen molar-refractivity contribution < 1.29 is 14.3 Å². The highest BCUT2D eigenvalue weighted by molar-refractivity contribution is 5.79. The first-order valence-electron chi connectivity index (χ1n) is 7.39. The van der Waals surface area contributed by atoms with E-state index in [4.69, 9.17) is 9.47 Å². The van der Waals surface area contributed by atoms with Gasteiger partial charge >= 0.3 is 5.97 Å². The zero-order valence-corrected chi connectivity index (χ0v) is 12.3. The molecule has 1 aliphatic heterocycles. The van der Waals surface area contributed by atoms with Crippen LogP contribution in [0.25, 0.3) is 5.57 Å². The van der Waals surface area contributed by atoms with E-state index in [1.54, 1.807) is 0 Å². The Morgan fingerprint density at radius 3 is 2.45 bits per heavy atom. The Kier molecular flexibility index (Phi) is 4.66. The molecule has 0 saturated heterocycles. The molecule has 3 rings (SSSR count). The summed E-state index contributed by atoms with van der Waals surface area (Å²) in [5.41, 5.74) is 3.24. The molecule has 0 aromatic heterocycles. The molecule has 0 N–H and O–H groups in total. The van der Waals surface area contributed by atoms with Gasteiger partial charge in [-0.3, -0.25) is 0 Å². The second-order valence-corrected chi connectivity index (χ2v) is 5.21. The molecule has 0 bridgehead atoms. The number of hydrogen-bond donors (Lipinski definition) is 0. The van der Waals surface area contributed by atoms with Gasteiger partial charge in [0, 0.05) is 6.42 Å². The lowest BCUT2D eigenvalue weighted by molar-refractivity contribution is -0.157. The van der Waals surface area contributed by atoms with Gasteiger partial charge in [0.05, 0.1) is 6.61 Å².